The monoisotopic (exact) mass is 584 g/mol. The van der Waals surface area contributed by atoms with Crippen LogP contribution in [-0.4, -0.2) is 119 Å². The van der Waals surface area contributed by atoms with Crippen molar-refractivity contribution in [3.8, 4) is 0 Å². The molecule has 0 fully saturated rings. The van der Waals surface area contributed by atoms with E-state index in [2.05, 4.69) is 23.3 Å². The third-order valence-corrected chi connectivity index (χ3v) is 6.15. The van der Waals surface area contributed by atoms with E-state index in [1.54, 1.807) is 0 Å². The minimum absolute atomic E-state index is 0.0438. The van der Waals surface area contributed by atoms with Gasteiger partial charge in [-0.1, -0.05) is 0 Å². The maximum atomic E-state index is 12.1. The second-order valence-electron chi connectivity index (χ2n) is 8.09. The van der Waals surface area contributed by atoms with Crippen LogP contribution < -0.4 is 22.1 Å². The lowest BCUT2D eigenvalue weighted by Gasteiger charge is -2.17. The zero-order chi connectivity index (χ0) is 28.6. The second-order valence-corrected chi connectivity index (χ2v) is 9.53. The fourth-order valence-electron chi connectivity index (χ4n) is 2.62. The zero-order valence-corrected chi connectivity index (χ0v) is 24.0. The molecule has 6 N–H and O–H groups in total. The molecule has 0 spiro atoms. The molecule has 0 aliphatic carbocycles. The summed E-state index contributed by atoms with van der Waals surface area (Å²) in [5.41, 5.74) is 11.5. The predicted molar refractivity (Wildman–Crippen MR) is 147 cm³/mol. The molecule has 2 amide bonds. The van der Waals surface area contributed by atoms with Crippen LogP contribution in [0.1, 0.15) is 26.7 Å². The van der Waals surface area contributed by atoms with Crippen LogP contribution in [0.15, 0.2) is 0 Å². The first kappa shape index (κ1) is 36.4. The molecule has 0 rings (SSSR count). The number of esters is 2. The highest BCUT2D eigenvalue weighted by Crippen LogP contribution is 2.09. The van der Waals surface area contributed by atoms with E-state index in [0.29, 0.717) is 82.8 Å². The lowest BCUT2D eigenvalue weighted by Crippen LogP contribution is -2.43. The van der Waals surface area contributed by atoms with Crippen LogP contribution in [0.4, 0.5) is 0 Å². The maximum Gasteiger partial charge on any atom is 0.303 e. The number of carbonyl (C=O) groups is 4. The number of carbonyl (C=O) groups excluding carboxylic acids is 4. The van der Waals surface area contributed by atoms with Crippen LogP contribution in [0.5, 0.6) is 0 Å². The first-order chi connectivity index (χ1) is 18.2. The average molecular weight is 585 g/mol. The fourth-order valence-corrected chi connectivity index (χ4v) is 3.76. The van der Waals surface area contributed by atoms with Crippen molar-refractivity contribution in [3.63, 3.8) is 0 Å². The van der Waals surface area contributed by atoms with E-state index in [0.717, 1.165) is 0 Å². The van der Waals surface area contributed by atoms with Crippen molar-refractivity contribution in [1.82, 2.24) is 10.6 Å². The van der Waals surface area contributed by atoms with E-state index in [4.69, 9.17) is 35.2 Å². The summed E-state index contributed by atoms with van der Waals surface area (Å²) in [6.45, 7) is 6.15. The van der Waals surface area contributed by atoms with Gasteiger partial charge in [0.15, 0.2) is 0 Å². The number of thioether (sulfide) groups is 1. The topological polar surface area (TPSA) is 191 Å². The Balaban J connectivity index is 3.60. The quantitative estimate of drug-likeness (QED) is 0.0522. The standard InChI is InChI=1S/C23H44N4O9S2/c1-17(28)35-13-19(36-18(2)29)15-38-16-21(25)23(31)27-6-4-8-33-10-12-34-11-9-32-7-3-5-26-22(30)20(24)14-37/h19-21,37H,3-16,24-25H2,1-2H3,(H,26,30)(H,27,31). The van der Waals surface area contributed by atoms with Crippen LogP contribution >= 0.6 is 24.4 Å². The van der Waals surface area contributed by atoms with Gasteiger partial charge in [-0.15, -0.1) is 0 Å². The van der Waals surface area contributed by atoms with Gasteiger partial charge < -0.3 is 45.8 Å². The van der Waals surface area contributed by atoms with Crippen LogP contribution in [0.25, 0.3) is 0 Å². The van der Waals surface area contributed by atoms with Gasteiger partial charge in [0, 0.05) is 57.4 Å². The Morgan fingerprint density at radius 2 is 1.26 bits per heavy atom. The van der Waals surface area contributed by atoms with Crippen LogP contribution in [-0.2, 0) is 42.9 Å². The molecular weight excluding hydrogens is 540 g/mol. The number of nitrogens with two attached hydrogens (primary N) is 2. The molecule has 0 saturated heterocycles. The van der Waals surface area contributed by atoms with Gasteiger partial charge in [-0.25, -0.2) is 0 Å². The lowest BCUT2D eigenvalue weighted by molar-refractivity contribution is -0.154. The highest BCUT2D eigenvalue weighted by molar-refractivity contribution is 7.99. The molecule has 0 saturated carbocycles. The van der Waals surface area contributed by atoms with Crippen LogP contribution in [0, 0.1) is 0 Å². The molecular formula is C23H44N4O9S2. The second kappa shape index (κ2) is 24.4. The number of amides is 2. The molecule has 13 nitrogen and oxygen atoms in total. The summed E-state index contributed by atoms with van der Waals surface area (Å²) in [5.74, 6) is -0.466. The normalized spacial score (nSPS) is 13.3. The number of nitrogens with one attached hydrogen (secondary N) is 2. The molecule has 0 aromatic rings. The van der Waals surface area contributed by atoms with Gasteiger partial charge in [-0.2, -0.15) is 24.4 Å². The first-order valence-corrected chi connectivity index (χ1v) is 14.2. The summed E-state index contributed by atoms with van der Waals surface area (Å²) in [4.78, 5) is 45.6. The lowest BCUT2D eigenvalue weighted by atomic mass is 10.3. The Hall–Kier alpha value is -1.62. The molecule has 0 aliphatic rings. The highest BCUT2D eigenvalue weighted by atomic mass is 32.2. The van der Waals surface area contributed by atoms with Gasteiger partial charge in [0.05, 0.1) is 38.5 Å². The van der Waals surface area contributed by atoms with Crippen molar-refractivity contribution in [2.75, 3.05) is 76.6 Å². The van der Waals surface area contributed by atoms with Crippen molar-refractivity contribution in [2.45, 2.75) is 44.9 Å². The van der Waals surface area contributed by atoms with Crippen molar-refractivity contribution in [2.24, 2.45) is 11.5 Å². The highest BCUT2D eigenvalue weighted by Gasteiger charge is 2.17. The van der Waals surface area contributed by atoms with Crippen molar-refractivity contribution in [1.29, 1.82) is 0 Å². The van der Waals surface area contributed by atoms with Gasteiger partial charge in [0.2, 0.25) is 11.8 Å². The molecule has 38 heavy (non-hydrogen) atoms. The summed E-state index contributed by atoms with van der Waals surface area (Å²) < 4.78 is 26.3. The van der Waals surface area contributed by atoms with E-state index < -0.39 is 30.1 Å². The average Bonchev–Trinajstić information content (AvgIpc) is 2.87. The largest absolute Gasteiger partial charge is 0.462 e. The first-order valence-electron chi connectivity index (χ1n) is 12.5. The fraction of sp³-hybridized carbons (Fsp3) is 0.826. The van der Waals surface area contributed by atoms with Crippen molar-refractivity contribution >= 4 is 48.1 Å². The summed E-state index contributed by atoms with van der Waals surface area (Å²) in [5, 5.41) is 5.47. The molecule has 0 radical (unpaired) electrons. The molecule has 0 aromatic heterocycles. The number of thiol groups is 1. The van der Waals surface area contributed by atoms with Gasteiger partial charge in [-0.05, 0) is 12.8 Å². The van der Waals surface area contributed by atoms with E-state index in [1.807, 2.05) is 0 Å². The number of rotatable bonds is 24. The smallest absolute Gasteiger partial charge is 0.303 e. The van der Waals surface area contributed by atoms with E-state index in [-0.39, 0.29) is 18.4 Å². The molecule has 3 atom stereocenters. The summed E-state index contributed by atoms with van der Waals surface area (Å²) >= 11 is 5.31. The minimum Gasteiger partial charge on any atom is -0.462 e. The number of hydrogen-bond donors (Lipinski definition) is 5. The van der Waals surface area contributed by atoms with E-state index in [9.17, 15) is 19.2 Å². The molecule has 3 unspecified atom stereocenters. The SMILES string of the molecule is CC(=O)OCC(CSCC(N)C(=O)NCCCOCCOCCOCCCNC(=O)C(N)CS)OC(C)=O. The molecule has 15 heteroatoms. The Morgan fingerprint density at radius 3 is 1.74 bits per heavy atom. The summed E-state index contributed by atoms with van der Waals surface area (Å²) in [7, 11) is 0. The molecule has 222 valence electrons. The zero-order valence-electron chi connectivity index (χ0n) is 22.3. The van der Waals surface area contributed by atoms with Gasteiger partial charge >= 0.3 is 11.9 Å². The Bertz CT molecular complexity index is 677. The van der Waals surface area contributed by atoms with Gasteiger partial charge in [0.25, 0.3) is 0 Å². The van der Waals surface area contributed by atoms with Crippen molar-refractivity contribution < 1.29 is 42.9 Å². The van der Waals surface area contributed by atoms with E-state index >= 15 is 0 Å². The van der Waals surface area contributed by atoms with Gasteiger partial charge in [0.1, 0.15) is 12.7 Å². The summed E-state index contributed by atoms with van der Waals surface area (Å²) in [6, 6.07) is -1.32. The minimum atomic E-state index is -0.724. The number of ether oxygens (including phenoxy) is 5. The Morgan fingerprint density at radius 1 is 0.763 bits per heavy atom. The van der Waals surface area contributed by atoms with E-state index in [1.165, 1.54) is 25.6 Å². The molecule has 0 aromatic carbocycles. The molecule has 0 aliphatic heterocycles. The maximum absolute atomic E-state index is 12.1. The van der Waals surface area contributed by atoms with Crippen LogP contribution in [0.3, 0.4) is 0 Å². The van der Waals surface area contributed by atoms with Crippen LogP contribution in [0.2, 0.25) is 0 Å². The third kappa shape index (κ3) is 22.4. The van der Waals surface area contributed by atoms with Crippen molar-refractivity contribution in [3.05, 3.63) is 0 Å². The number of hydrogen-bond acceptors (Lipinski definition) is 13. The summed E-state index contributed by atoms with van der Waals surface area (Å²) in [6.07, 6.45) is 0.711. The van der Waals surface area contributed by atoms with Gasteiger partial charge in [-0.3, -0.25) is 19.2 Å². The Kier molecular flexibility index (Phi) is 23.4. The Labute approximate surface area is 234 Å². The third-order valence-electron chi connectivity index (χ3n) is 4.55. The molecule has 0 heterocycles. The predicted octanol–water partition coefficient (Wildman–Crippen LogP) is -1.14. The molecule has 0 bridgehead atoms.